The van der Waals surface area contributed by atoms with E-state index in [4.69, 9.17) is 4.74 Å². The van der Waals surface area contributed by atoms with Crippen LogP contribution >= 0.6 is 0 Å². The van der Waals surface area contributed by atoms with Crippen LogP contribution < -0.4 is 15.0 Å². The molecule has 1 amide bonds. The summed E-state index contributed by atoms with van der Waals surface area (Å²) in [6, 6.07) is 2.04. The van der Waals surface area contributed by atoms with Crippen molar-refractivity contribution in [2.24, 2.45) is 0 Å². The average molecular weight is 399 g/mol. The second-order valence-electron chi connectivity index (χ2n) is 7.43. The van der Waals surface area contributed by atoms with Gasteiger partial charge in [-0.1, -0.05) is 0 Å². The molecule has 9 heteroatoms. The van der Waals surface area contributed by atoms with Crippen LogP contribution in [-0.2, 0) is 0 Å². The van der Waals surface area contributed by atoms with Crippen molar-refractivity contribution in [2.45, 2.75) is 40.2 Å². The fraction of sp³-hybridized carbons (Fsp3) is 0.550. The monoisotopic (exact) mass is 399 g/mol. The maximum Gasteiger partial charge on any atom is 0.291 e. The van der Waals surface area contributed by atoms with Crippen LogP contribution in [0.2, 0.25) is 0 Å². The summed E-state index contributed by atoms with van der Waals surface area (Å²) in [5.74, 6) is 2.86. The van der Waals surface area contributed by atoms with Crippen molar-refractivity contribution in [3.8, 4) is 5.88 Å². The Morgan fingerprint density at radius 3 is 2.69 bits per heavy atom. The summed E-state index contributed by atoms with van der Waals surface area (Å²) in [5, 5.41) is 3.48. The largest absolute Gasteiger partial charge is 0.478 e. The van der Waals surface area contributed by atoms with Gasteiger partial charge in [-0.05, 0) is 34.1 Å². The number of nitrogens with zero attached hydrogens (tertiary/aromatic N) is 6. The molecule has 2 aromatic rings. The first kappa shape index (κ1) is 20.8. The van der Waals surface area contributed by atoms with Crippen LogP contribution in [0, 0.1) is 20.8 Å². The summed E-state index contributed by atoms with van der Waals surface area (Å²) >= 11 is 0. The smallest absolute Gasteiger partial charge is 0.291 e. The minimum atomic E-state index is -0.192. The number of anilines is 2. The fourth-order valence-electron chi connectivity index (χ4n) is 3.33. The summed E-state index contributed by atoms with van der Waals surface area (Å²) in [6.45, 7) is 9.86. The molecule has 1 aliphatic heterocycles. The summed E-state index contributed by atoms with van der Waals surface area (Å²) in [5.41, 5.74) is 1.82. The molecular formula is C20H29N7O2. The fourth-order valence-corrected chi connectivity index (χ4v) is 3.33. The van der Waals surface area contributed by atoms with Crippen molar-refractivity contribution in [1.82, 2.24) is 24.8 Å². The Kier molecular flexibility index (Phi) is 6.14. The molecule has 29 heavy (non-hydrogen) atoms. The molecular weight excluding hydrogens is 370 g/mol. The molecule has 0 aromatic carbocycles. The van der Waals surface area contributed by atoms with E-state index in [2.05, 4.69) is 30.2 Å². The van der Waals surface area contributed by atoms with E-state index in [0.717, 1.165) is 42.4 Å². The van der Waals surface area contributed by atoms with Crippen LogP contribution in [0.25, 0.3) is 0 Å². The van der Waals surface area contributed by atoms with E-state index in [-0.39, 0.29) is 17.8 Å². The molecule has 0 aliphatic carbocycles. The van der Waals surface area contributed by atoms with Crippen LogP contribution in [0.3, 0.4) is 0 Å². The lowest BCUT2D eigenvalue weighted by atomic mass is 10.2. The summed E-state index contributed by atoms with van der Waals surface area (Å²) in [4.78, 5) is 33.7. The van der Waals surface area contributed by atoms with Crippen LogP contribution in [0.1, 0.15) is 41.0 Å². The molecule has 0 unspecified atom stereocenters. The van der Waals surface area contributed by atoms with Gasteiger partial charge in [0.25, 0.3) is 5.91 Å². The number of carbonyl (C=O) groups is 1. The number of carbonyl (C=O) groups excluding carboxylic acids is 1. The van der Waals surface area contributed by atoms with Gasteiger partial charge in [0.05, 0.1) is 6.61 Å². The standard InChI is InChI=1S/C20H29N7O2/c1-7-29-17-10-16(22-14(4)23-17)24-15-8-9-27(11-15)19-12(2)13(3)21-18(25-19)20(28)26(5)6/h10,15H,7-9,11H2,1-6H3,(H,22,23,24)/t15-/m1/s1. The average Bonchev–Trinajstić information content (AvgIpc) is 3.11. The third-order valence-electron chi connectivity index (χ3n) is 4.91. The molecule has 1 aliphatic rings. The highest BCUT2D eigenvalue weighted by Crippen LogP contribution is 2.26. The highest BCUT2D eigenvalue weighted by molar-refractivity contribution is 5.90. The summed E-state index contributed by atoms with van der Waals surface area (Å²) in [6.07, 6.45) is 0.937. The zero-order valence-electron chi connectivity index (χ0n) is 18.0. The second kappa shape index (κ2) is 8.59. The normalized spacial score (nSPS) is 16.1. The van der Waals surface area contributed by atoms with Gasteiger partial charge < -0.3 is 19.9 Å². The van der Waals surface area contributed by atoms with Crippen LogP contribution in [0.5, 0.6) is 5.88 Å². The van der Waals surface area contributed by atoms with E-state index < -0.39 is 0 Å². The van der Waals surface area contributed by atoms with E-state index >= 15 is 0 Å². The summed E-state index contributed by atoms with van der Waals surface area (Å²) in [7, 11) is 3.41. The lowest BCUT2D eigenvalue weighted by molar-refractivity contribution is 0.0815. The van der Waals surface area contributed by atoms with Gasteiger partial charge in [0.1, 0.15) is 17.5 Å². The van der Waals surface area contributed by atoms with Crippen molar-refractivity contribution in [3.05, 3.63) is 29.0 Å². The highest BCUT2D eigenvalue weighted by atomic mass is 16.5. The zero-order valence-corrected chi connectivity index (χ0v) is 18.0. The third kappa shape index (κ3) is 4.72. The van der Waals surface area contributed by atoms with E-state index in [1.165, 1.54) is 4.90 Å². The Morgan fingerprint density at radius 1 is 1.24 bits per heavy atom. The maximum atomic E-state index is 12.3. The Labute approximate surface area is 171 Å². The van der Waals surface area contributed by atoms with Crippen molar-refractivity contribution < 1.29 is 9.53 Å². The first-order chi connectivity index (χ1) is 13.8. The van der Waals surface area contributed by atoms with Gasteiger partial charge in [-0.2, -0.15) is 4.98 Å². The van der Waals surface area contributed by atoms with Gasteiger partial charge in [0, 0.05) is 50.6 Å². The molecule has 3 heterocycles. The van der Waals surface area contributed by atoms with Crippen molar-refractivity contribution in [1.29, 1.82) is 0 Å². The first-order valence-corrected chi connectivity index (χ1v) is 9.85. The van der Waals surface area contributed by atoms with Gasteiger partial charge in [0.15, 0.2) is 0 Å². The lowest BCUT2D eigenvalue weighted by Gasteiger charge is -2.22. The number of nitrogens with one attached hydrogen (secondary N) is 1. The predicted molar refractivity (Wildman–Crippen MR) is 112 cm³/mol. The second-order valence-corrected chi connectivity index (χ2v) is 7.43. The Balaban J connectivity index is 1.77. The lowest BCUT2D eigenvalue weighted by Crippen LogP contribution is -2.30. The molecule has 9 nitrogen and oxygen atoms in total. The number of hydrogen-bond acceptors (Lipinski definition) is 8. The molecule has 1 saturated heterocycles. The van der Waals surface area contributed by atoms with Gasteiger partial charge in [-0.3, -0.25) is 4.79 Å². The van der Waals surface area contributed by atoms with Crippen LogP contribution in [-0.4, -0.2) is 70.6 Å². The highest BCUT2D eigenvalue weighted by Gasteiger charge is 2.27. The molecule has 0 saturated carbocycles. The van der Waals surface area contributed by atoms with Gasteiger partial charge in [0.2, 0.25) is 11.7 Å². The first-order valence-electron chi connectivity index (χ1n) is 9.85. The van der Waals surface area contributed by atoms with Crippen molar-refractivity contribution in [2.75, 3.05) is 44.0 Å². The Hall–Kier alpha value is -2.97. The number of ether oxygens (including phenoxy) is 1. The molecule has 0 radical (unpaired) electrons. The van der Waals surface area contributed by atoms with E-state index in [9.17, 15) is 4.79 Å². The topological polar surface area (TPSA) is 96.4 Å². The molecule has 0 spiro atoms. The summed E-state index contributed by atoms with van der Waals surface area (Å²) < 4.78 is 5.51. The number of aryl methyl sites for hydroxylation is 2. The molecule has 1 atom stereocenters. The molecule has 1 N–H and O–H groups in total. The molecule has 156 valence electrons. The maximum absolute atomic E-state index is 12.3. The van der Waals surface area contributed by atoms with Crippen LogP contribution in [0.4, 0.5) is 11.6 Å². The number of hydrogen-bond donors (Lipinski definition) is 1. The van der Waals surface area contributed by atoms with Crippen molar-refractivity contribution in [3.63, 3.8) is 0 Å². The number of amides is 1. The van der Waals surface area contributed by atoms with E-state index in [1.807, 2.05) is 33.8 Å². The van der Waals surface area contributed by atoms with Crippen LogP contribution in [0.15, 0.2) is 6.07 Å². The third-order valence-corrected chi connectivity index (χ3v) is 4.91. The quantitative estimate of drug-likeness (QED) is 0.788. The Morgan fingerprint density at radius 2 is 2.00 bits per heavy atom. The molecule has 1 fully saturated rings. The number of aromatic nitrogens is 4. The SMILES string of the molecule is CCOc1cc(N[C@@H]2CCN(c3nc(C(=O)N(C)C)nc(C)c3C)C2)nc(C)n1. The molecule has 0 bridgehead atoms. The minimum absolute atomic E-state index is 0.192. The van der Waals surface area contributed by atoms with Gasteiger partial charge in [-0.25, -0.2) is 15.0 Å². The van der Waals surface area contributed by atoms with Gasteiger partial charge in [-0.15, -0.1) is 0 Å². The minimum Gasteiger partial charge on any atom is -0.478 e. The van der Waals surface area contributed by atoms with Gasteiger partial charge >= 0.3 is 0 Å². The molecule has 2 aromatic heterocycles. The van der Waals surface area contributed by atoms with Crippen molar-refractivity contribution >= 4 is 17.5 Å². The predicted octanol–water partition coefficient (Wildman–Crippen LogP) is 1.98. The van der Waals surface area contributed by atoms with E-state index in [1.54, 1.807) is 14.1 Å². The Bertz CT molecular complexity index is 901. The number of rotatable bonds is 6. The zero-order chi connectivity index (χ0) is 21.1. The van der Waals surface area contributed by atoms with E-state index in [0.29, 0.717) is 18.3 Å². The molecule has 3 rings (SSSR count).